The quantitative estimate of drug-likeness (QED) is 0.483. The summed E-state index contributed by atoms with van der Waals surface area (Å²) in [7, 11) is 0. The number of anilines is 1. The summed E-state index contributed by atoms with van der Waals surface area (Å²) in [6, 6.07) is 11.9. The number of esters is 1. The number of fused-ring (bicyclic) bond motifs is 1. The molecule has 8 nitrogen and oxygen atoms in total. The van der Waals surface area contributed by atoms with E-state index in [2.05, 4.69) is 10.2 Å². The Hall–Kier alpha value is -3.88. The van der Waals surface area contributed by atoms with Gasteiger partial charge in [0, 0.05) is 5.56 Å². The first kappa shape index (κ1) is 18.5. The SMILES string of the molecule is C[C@H](OC(=O)CN1C(=O)C(=O)c2ccccc21)c1nnc(-c2ccc(F)cc2)o1. The molecule has 1 aromatic heterocycles. The first-order valence-corrected chi connectivity index (χ1v) is 8.68. The molecule has 2 heterocycles. The second-order valence-electron chi connectivity index (χ2n) is 6.32. The van der Waals surface area contributed by atoms with Crippen LogP contribution in [0, 0.1) is 5.82 Å². The van der Waals surface area contributed by atoms with Gasteiger partial charge in [0.15, 0.2) is 6.10 Å². The Labute approximate surface area is 163 Å². The molecule has 0 N–H and O–H groups in total. The smallest absolute Gasteiger partial charge is 0.326 e. The normalized spacial score (nSPS) is 14.1. The zero-order valence-corrected chi connectivity index (χ0v) is 15.2. The van der Waals surface area contributed by atoms with Crippen LogP contribution in [0.5, 0.6) is 0 Å². The summed E-state index contributed by atoms with van der Waals surface area (Å²) >= 11 is 0. The van der Waals surface area contributed by atoms with Crippen molar-refractivity contribution in [3.8, 4) is 11.5 Å². The minimum Gasteiger partial charge on any atom is -0.451 e. The Balaban J connectivity index is 1.43. The molecule has 29 heavy (non-hydrogen) atoms. The number of aromatic nitrogens is 2. The molecule has 146 valence electrons. The van der Waals surface area contributed by atoms with Crippen LogP contribution in [-0.4, -0.2) is 34.4 Å². The van der Waals surface area contributed by atoms with Gasteiger partial charge in [-0.25, -0.2) is 4.39 Å². The number of rotatable bonds is 5. The van der Waals surface area contributed by atoms with Crippen molar-refractivity contribution in [1.29, 1.82) is 0 Å². The molecule has 1 atom stereocenters. The molecule has 4 rings (SSSR count). The van der Waals surface area contributed by atoms with Gasteiger partial charge >= 0.3 is 5.97 Å². The second kappa shape index (κ2) is 7.27. The van der Waals surface area contributed by atoms with Gasteiger partial charge in [-0.15, -0.1) is 10.2 Å². The molecule has 0 saturated carbocycles. The number of carbonyl (C=O) groups excluding carboxylic acids is 3. The van der Waals surface area contributed by atoms with Gasteiger partial charge in [0.25, 0.3) is 17.6 Å². The highest BCUT2D eigenvalue weighted by Gasteiger charge is 2.37. The average Bonchev–Trinajstić information content (AvgIpc) is 3.29. The van der Waals surface area contributed by atoms with Gasteiger partial charge in [-0.2, -0.15) is 0 Å². The molecule has 0 spiro atoms. The minimum atomic E-state index is -0.882. The highest BCUT2D eigenvalue weighted by molar-refractivity contribution is 6.52. The Bertz CT molecular complexity index is 1110. The first-order valence-electron chi connectivity index (χ1n) is 8.68. The molecule has 1 aliphatic heterocycles. The number of halogens is 1. The van der Waals surface area contributed by atoms with E-state index in [0.717, 1.165) is 4.90 Å². The number of carbonyl (C=O) groups is 3. The maximum Gasteiger partial charge on any atom is 0.326 e. The first-order chi connectivity index (χ1) is 13.9. The number of amides is 1. The number of para-hydroxylation sites is 1. The van der Waals surface area contributed by atoms with Gasteiger partial charge in [-0.1, -0.05) is 12.1 Å². The molecule has 0 saturated heterocycles. The Morgan fingerprint density at radius 1 is 1.14 bits per heavy atom. The van der Waals surface area contributed by atoms with Crippen molar-refractivity contribution in [2.24, 2.45) is 0 Å². The van der Waals surface area contributed by atoms with Crippen LogP contribution < -0.4 is 4.90 Å². The van der Waals surface area contributed by atoms with Gasteiger partial charge in [0.1, 0.15) is 12.4 Å². The third-order valence-corrected chi connectivity index (χ3v) is 4.35. The lowest BCUT2D eigenvalue weighted by Crippen LogP contribution is -2.35. The molecular weight excluding hydrogens is 381 g/mol. The number of nitrogens with zero attached hydrogens (tertiary/aromatic N) is 3. The number of ketones is 1. The second-order valence-corrected chi connectivity index (χ2v) is 6.32. The molecule has 9 heteroatoms. The standard InChI is InChI=1S/C20H14FN3O5/c1-11(18-22-23-19(29-18)12-6-8-13(21)9-7-12)28-16(25)10-24-15-5-3-2-4-14(15)17(26)20(24)27/h2-9,11H,10H2,1H3/t11-/m0/s1. The van der Waals surface area contributed by atoms with E-state index in [9.17, 15) is 18.8 Å². The lowest BCUT2D eigenvalue weighted by molar-refractivity contribution is -0.148. The molecule has 0 fully saturated rings. The summed E-state index contributed by atoms with van der Waals surface area (Å²) in [5.41, 5.74) is 1.13. The van der Waals surface area contributed by atoms with Gasteiger partial charge in [0.05, 0.1) is 11.3 Å². The van der Waals surface area contributed by atoms with E-state index >= 15 is 0 Å². The summed E-state index contributed by atoms with van der Waals surface area (Å²) in [6.45, 7) is 1.11. The maximum atomic E-state index is 13.0. The zero-order valence-electron chi connectivity index (χ0n) is 15.2. The molecular formula is C20H14FN3O5. The average molecular weight is 395 g/mol. The van der Waals surface area contributed by atoms with Crippen molar-refractivity contribution < 1.29 is 27.9 Å². The molecule has 0 bridgehead atoms. The number of benzene rings is 2. The molecule has 2 aromatic carbocycles. The van der Waals surface area contributed by atoms with Crippen molar-refractivity contribution in [1.82, 2.24) is 10.2 Å². The lowest BCUT2D eigenvalue weighted by Gasteiger charge is -2.16. The predicted octanol–water partition coefficient (Wildman–Crippen LogP) is 2.71. The number of hydrogen-bond acceptors (Lipinski definition) is 7. The molecule has 0 aliphatic carbocycles. The third kappa shape index (κ3) is 3.49. The van der Waals surface area contributed by atoms with Gasteiger partial charge < -0.3 is 9.15 Å². The van der Waals surface area contributed by atoms with E-state index in [1.807, 2.05) is 0 Å². The molecule has 3 aromatic rings. The van der Waals surface area contributed by atoms with E-state index < -0.39 is 36.1 Å². The predicted molar refractivity (Wildman–Crippen MR) is 97.3 cm³/mol. The minimum absolute atomic E-state index is 0.0434. The van der Waals surface area contributed by atoms with Crippen LogP contribution in [0.4, 0.5) is 10.1 Å². The van der Waals surface area contributed by atoms with E-state index in [0.29, 0.717) is 11.3 Å². The largest absolute Gasteiger partial charge is 0.451 e. The van der Waals surface area contributed by atoms with Gasteiger partial charge in [-0.3, -0.25) is 19.3 Å². The van der Waals surface area contributed by atoms with Crippen LogP contribution in [0.2, 0.25) is 0 Å². The van der Waals surface area contributed by atoms with Crippen LogP contribution in [0.3, 0.4) is 0 Å². The number of hydrogen-bond donors (Lipinski definition) is 0. The van der Waals surface area contributed by atoms with Crippen LogP contribution in [-0.2, 0) is 14.3 Å². The Kier molecular flexibility index (Phi) is 4.63. The Morgan fingerprint density at radius 3 is 2.62 bits per heavy atom. The van der Waals surface area contributed by atoms with Crippen LogP contribution in [0.25, 0.3) is 11.5 Å². The summed E-state index contributed by atoms with van der Waals surface area (Å²) < 4.78 is 23.8. The monoisotopic (exact) mass is 395 g/mol. The molecule has 1 aliphatic rings. The topological polar surface area (TPSA) is 103 Å². The van der Waals surface area contributed by atoms with E-state index in [1.165, 1.54) is 37.3 Å². The van der Waals surface area contributed by atoms with E-state index in [4.69, 9.17) is 9.15 Å². The zero-order chi connectivity index (χ0) is 20.5. The van der Waals surface area contributed by atoms with Crippen molar-refractivity contribution >= 4 is 23.3 Å². The highest BCUT2D eigenvalue weighted by Crippen LogP contribution is 2.29. The molecule has 1 amide bonds. The van der Waals surface area contributed by atoms with Gasteiger partial charge in [0.2, 0.25) is 5.89 Å². The summed E-state index contributed by atoms with van der Waals surface area (Å²) in [4.78, 5) is 37.5. The fourth-order valence-corrected chi connectivity index (χ4v) is 2.93. The summed E-state index contributed by atoms with van der Waals surface area (Å²) in [6.07, 6.45) is -0.882. The summed E-state index contributed by atoms with van der Waals surface area (Å²) in [5, 5.41) is 7.70. The van der Waals surface area contributed by atoms with E-state index in [-0.39, 0.29) is 17.3 Å². The van der Waals surface area contributed by atoms with Crippen molar-refractivity contribution in [2.45, 2.75) is 13.0 Å². The number of Topliss-reactive ketones (excluding diaryl/α,β-unsaturated/α-hetero) is 1. The fraction of sp³-hybridized carbons (Fsp3) is 0.150. The van der Waals surface area contributed by atoms with Crippen molar-refractivity contribution in [3.63, 3.8) is 0 Å². The lowest BCUT2D eigenvalue weighted by atomic mass is 10.1. The van der Waals surface area contributed by atoms with Crippen molar-refractivity contribution in [3.05, 3.63) is 65.8 Å². The summed E-state index contributed by atoms with van der Waals surface area (Å²) in [5.74, 6) is -2.39. The molecule has 0 radical (unpaired) electrons. The highest BCUT2D eigenvalue weighted by atomic mass is 19.1. The maximum absolute atomic E-state index is 13.0. The Morgan fingerprint density at radius 2 is 1.86 bits per heavy atom. The van der Waals surface area contributed by atoms with Crippen LogP contribution in [0.15, 0.2) is 52.9 Å². The van der Waals surface area contributed by atoms with Crippen molar-refractivity contribution in [2.75, 3.05) is 11.4 Å². The van der Waals surface area contributed by atoms with Crippen LogP contribution in [0.1, 0.15) is 29.3 Å². The third-order valence-electron chi connectivity index (χ3n) is 4.35. The number of ether oxygens (including phenoxy) is 1. The van der Waals surface area contributed by atoms with Gasteiger partial charge in [-0.05, 0) is 43.3 Å². The van der Waals surface area contributed by atoms with Crippen LogP contribution >= 0.6 is 0 Å². The molecule has 0 unspecified atom stereocenters. The fourth-order valence-electron chi connectivity index (χ4n) is 2.93. The van der Waals surface area contributed by atoms with E-state index in [1.54, 1.807) is 18.2 Å².